The van der Waals surface area contributed by atoms with Crippen LogP contribution in [0.4, 0.5) is 0 Å². The molecule has 0 aromatic heterocycles. The Morgan fingerprint density at radius 2 is 1.92 bits per heavy atom. The van der Waals surface area contributed by atoms with E-state index in [1.165, 1.54) is 12.8 Å². The second-order valence-electron chi connectivity index (χ2n) is 4.29. The van der Waals surface area contributed by atoms with Gasteiger partial charge in [0.1, 0.15) is 0 Å². The number of nitrogens with zero attached hydrogens (tertiary/aromatic N) is 1. The van der Waals surface area contributed by atoms with E-state index < -0.39 is 0 Å². The summed E-state index contributed by atoms with van der Waals surface area (Å²) in [5.41, 5.74) is 11.6. The van der Waals surface area contributed by atoms with Crippen LogP contribution in [-0.4, -0.2) is 37.1 Å². The second-order valence-corrected chi connectivity index (χ2v) is 4.29. The molecule has 1 saturated heterocycles. The van der Waals surface area contributed by atoms with E-state index >= 15 is 0 Å². The normalized spacial score (nSPS) is 27.0. The highest BCUT2D eigenvalue weighted by Gasteiger charge is 2.30. The first-order valence-corrected chi connectivity index (χ1v) is 4.74. The number of piperidine rings is 1. The van der Waals surface area contributed by atoms with E-state index in [1.807, 2.05) is 0 Å². The topological polar surface area (TPSA) is 55.3 Å². The molecule has 0 radical (unpaired) electrons. The Kier molecular flexibility index (Phi) is 3.09. The van der Waals surface area contributed by atoms with Crippen molar-refractivity contribution in [1.29, 1.82) is 0 Å². The fourth-order valence-electron chi connectivity index (χ4n) is 1.83. The molecule has 1 unspecified atom stereocenters. The molecule has 1 aliphatic rings. The van der Waals surface area contributed by atoms with Crippen molar-refractivity contribution in [3.8, 4) is 0 Å². The van der Waals surface area contributed by atoms with Crippen LogP contribution >= 0.6 is 0 Å². The summed E-state index contributed by atoms with van der Waals surface area (Å²) >= 11 is 0. The third kappa shape index (κ3) is 2.19. The van der Waals surface area contributed by atoms with E-state index in [0.29, 0.717) is 12.5 Å². The van der Waals surface area contributed by atoms with E-state index in [4.69, 9.17) is 11.5 Å². The van der Waals surface area contributed by atoms with Gasteiger partial charge in [0.15, 0.2) is 0 Å². The van der Waals surface area contributed by atoms with Crippen LogP contribution in [0.25, 0.3) is 0 Å². The zero-order valence-electron chi connectivity index (χ0n) is 8.21. The maximum atomic E-state index is 6.09. The minimum Gasteiger partial charge on any atom is -0.329 e. The summed E-state index contributed by atoms with van der Waals surface area (Å²) in [6.07, 6.45) is 2.39. The Bertz CT molecular complexity index is 137. The van der Waals surface area contributed by atoms with Crippen molar-refractivity contribution in [2.45, 2.75) is 25.3 Å². The van der Waals surface area contributed by atoms with Crippen molar-refractivity contribution in [3.05, 3.63) is 0 Å². The fourth-order valence-corrected chi connectivity index (χ4v) is 1.83. The molecule has 1 rings (SSSR count). The Hall–Kier alpha value is -0.120. The fraction of sp³-hybridized carbons (Fsp3) is 1.00. The number of hydrogen-bond acceptors (Lipinski definition) is 3. The van der Waals surface area contributed by atoms with Gasteiger partial charge >= 0.3 is 0 Å². The molecule has 0 aromatic carbocycles. The number of likely N-dealkylation sites (tertiary alicyclic amines) is 1. The monoisotopic (exact) mass is 171 g/mol. The molecule has 4 N–H and O–H groups in total. The van der Waals surface area contributed by atoms with E-state index in [1.54, 1.807) is 0 Å². The quantitative estimate of drug-likeness (QED) is 0.615. The van der Waals surface area contributed by atoms with Gasteiger partial charge in [-0.25, -0.2) is 0 Å². The van der Waals surface area contributed by atoms with E-state index in [0.717, 1.165) is 13.1 Å². The Labute approximate surface area is 75.1 Å². The third-order valence-corrected chi connectivity index (χ3v) is 3.09. The Morgan fingerprint density at radius 1 is 1.42 bits per heavy atom. The predicted molar refractivity (Wildman–Crippen MR) is 51.9 cm³/mol. The van der Waals surface area contributed by atoms with Gasteiger partial charge in [0.2, 0.25) is 0 Å². The molecule has 1 heterocycles. The van der Waals surface area contributed by atoms with Gasteiger partial charge in [-0.2, -0.15) is 0 Å². The molecule has 12 heavy (non-hydrogen) atoms. The summed E-state index contributed by atoms with van der Waals surface area (Å²) in [5.74, 6) is 0.610. The van der Waals surface area contributed by atoms with Crippen LogP contribution < -0.4 is 11.5 Å². The van der Waals surface area contributed by atoms with Gasteiger partial charge in [-0.05, 0) is 45.8 Å². The maximum absolute atomic E-state index is 6.09. The van der Waals surface area contributed by atoms with Crippen LogP contribution in [0.3, 0.4) is 0 Å². The smallest absolute Gasteiger partial charge is 0.0279 e. The van der Waals surface area contributed by atoms with Crippen LogP contribution in [0.5, 0.6) is 0 Å². The van der Waals surface area contributed by atoms with Gasteiger partial charge in [-0.15, -0.1) is 0 Å². The average Bonchev–Trinajstić information content (AvgIpc) is 2.05. The van der Waals surface area contributed by atoms with E-state index in [9.17, 15) is 0 Å². The number of rotatable bonds is 2. The molecule has 0 spiro atoms. The molecule has 3 heteroatoms. The minimum absolute atomic E-state index is 0.152. The number of hydrogen-bond donors (Lipinski definition) is 2. The molecule has 0 amide bonds. The predicted octanol–water partition coefficient (Wildman–Crippen LogP) is 0.00430. The molecule has 1 fully saturated rings. The molecular formula is C9H21N3. The molecule has 0 saturated carbocycles. The van der Waals surface area contributed by atoms with Crippen LogP contribution in [-0.2, 0) is 0 Å². The first-order chi connectivity index (χ1) is 5.56. The van der Waals surface area contributed by atoms with Crippen LogP contribution in [0.15, 0.2) is 0 Å². The van der Waals surface area contributed by atoms with Crippen molar-refractivity contribution in [3.63, 3.8) is 0 Å². The lowest BCUT2D eigenvalue weighted by atomic mass is 9.80. The third-order valence-electron chi connectivity index (χ3n) is 3.09. The molecule has 0 bridgehead atoms. The van der Waals surface area contributed by atoms with E-state index in [2.05, 4.69) is 18.9 Å². The van der Waals surface area contributed by atoms with Gasteiger partial charge in [-0.1, -0.05) is 0 Å². The summed E-state index contributed by atoms with van der Waals surface area (Å²) < 4.78 is 0. The van der Waals surface area contributed by atoms with Crippen molar-refractivity contribution in [2.75, 3.05) is 26.7 Å². The van der Waals surface area contributed by atoms with Crippen LogP contribution in [0.2, 0.25) is 0 Å². The first kappa shape index (κ1) is 9.96. The summed E-state index contributed by atoms with van der Waals surface area (Å²) in [5, 5.41) is 0. The van der Waals surface area contributed by atoms with Gasteiger partial charge < -0.3 is 16.4 Å². The van der Waals surface area contributed by atoms with Gasteiger partial charge in [0.25, 0.3) is 0 Å². The lowest BCUT2D eigenvalue weighted by molar-refractivity contribution is 0.160. The highest BCUT2D eigenvalue weighted by Crippen LogP contribution is 2.24. The van der Waals surface area contributed by atoms with Gasteiger partial charge in [0, 0.05) is 12.1 Å². The average molecular weight is 171 g/mol. The zero-order valence-corrected chi connectivity index (χ0v) is 8.21. The summed E-state index contributed by atoms with van der Waals surface area (Å²) in [6, 6.07) is 0. The van der Waals surface area contributed by atoms with Crippen LogP contribution in [0, 0.1) is 5.92 Å². The highest BCUT2D eigenvalue weighted by molar-refractivity contribution is 4.90. The van der Waals surface area contributed by atoms with Crippen molar-refractivity contribution in [2.24, 2.45) is 17.4 Å². The Morgan fingerprint density at radius 3 is 2.33 bits per heavy atom. The Balaban J connectivity index is 2.44. The minimum atomic E-state index is -0.152. The van der Waals surface area contributed by atoms with Crippen molar-refractivity contribution in [1.82, 2.24) is 4.90 Å². The molecule has 3 nitrogen and oxygen atoms in total. The molecular weight excluding hydrogens is 150 g/mol. The molecule has 0 aliphatic carbocycles. The lowest BCUT2D eigenvalue weighted by Gasteiger charge is -2.38. The maximum Gasteiger partial charge on any atom is 0.0279 e. The molecule has 72 valence electrons. The van der Waals surface area contributed by atoms with Gasteiger partial charge in [0.05, 0.1) is 0 Å². The highest BCUT2D eigenvalue weighted by atomic mass is 15.1. The molecule has 1 aliphatic heterocycles. The molecule has 0 aromatic rings. The first-order valence-electron chi connectivity index (χ1n) is 4.74. The summed E-state index contributed by atoms with van der Waals surface area (Å²) in [7, 11) is 2.16. The van der Waals surface area contributed by atoms with E-state index in [-0.39, 0.29) is 5.54 Å². The standard InChI is InChI=1S/C9H21N3/c1-9(11,7-10)8-3-5-12(2)6-4-8/h8H,3-7,10-11H2,1-2H3. The number of nitrogens with two attached hydrogens (primary N) is 2. The van der Waals surface area contributed by atoms with Crippen molar-refractivity contribution < 1.29 is 0 Å². The van der Waals surface area contributed by atoms with Gasteiger partial charge in [-0.3, -0.25) is 0 Å². The molecule has 1 atom stereocenters. The largest absolute Gasteiger partial charge is 0.329 e. The SMILES string of the molecule is CN1CCC(C(C)(N)CN)CC1. The zero-order chi connectivity index (χ0) is 9.19. The lowest BCUT2D eigenvalue weighted by Crippen LogP contribution is -2.53. The summed E-state index contributed by atoms with van der Waals surface area (Å²) in [4.78, 5) is 2.35. The second kappa shape index (κ2) is 3.73. The van der Waals surface area contributed by atoms with Crippen molar-refractivity contribution >= 4 is 0 Å². The summed E-state index contributed by atoms with van der Waals surface area (Å²) in [6.45, 7) is 5.00. The van der Waals surface area contributed by atoms with Crippen LogP contribution in [0.1, 0.15) is 19.8 Å².